The molecule has 2 heteroatoms. The van der Waals surface area contributed by atoms with Crippen molar-refractivity contribution in [3.05, 3.63) is 58.7 Å². The van der Waals surface area contributed by atoms with Gasteiger partial charge in [-0.2, -0.15) is 5.26 Å². The Bertz CT molecular complexity index is 680. The van der Waals surface area contributed by atoms with E-state index in [0.29, 0.717) is 0 Å². The smallest absolute Gasteiger partial charge is 0.0994 e. The topological polar surface area (TPSA) is 35.8 Å². The summed E-state index contributed by atoms with van der Waals surface area (Å²) < 4.78 is 0. The summed E-state index contributed by atoms with van der Waals surface area (Å²) in [4.78, 5) is 0. The molecule has 0 fully saturated rings. The summed E-state index contributed by atoms with van der Waals surface area (Å²) in [6, 6.07) is 14.6. The largest absolute Gasteiger partial charge is 0.355 e. The molecule has 1 aliphatic rings. The minimum atomic E-state index is 0.741. The zero-order valence-electron chi connectivity index (χ0n) is 11.7. The Balaban J connectivity index is 1.92. The van der Waals surface area contributed by atoms with Crippen LogP contribution in [0.4, 0.5) is 11.4 Å². The third-order valence-electron chi connectivity index (χ3n) is 4.02. The lowest BCUT2D eigenvalue weighted by Gasteiger charge is -2.20. The Morgan fingerprint density at radius 2 is 1.95 bits per heavy atom. The molecular formula is C18H18N2. The van der Waals surface area contributed by atoms with Gasteiger partial charge in [-0.15, -0.1) is 0 Å². The Morgan fingerprint density at radius 1 is 1.10 bits per heavy atom. The van der Waals surface area contributed by atoms with Crippen molar-refractivity contribution in [1.82, 2.24) is 0 Å². The Labute approximate surface area is 120 Å². The number of nitrogens with one attached hydrogen (secondary N) is 1. The number of rotatable bonds is 2. The number of nitrogens with zero attached hydrogens (tertiary/aromatic N) is 1. The van der Waals surface area contributed by atoms with Crippen molar-refractivity contribution in [3.8, 4) is 6.07 Å². The lowest BCUT2D eigenvalue weighted by Crippen LogP contribution is -2.06. The third kappa shape index (κ3) is 2.40. The number of aryl methyl sites for hydroxylation is 2. The van der Waals surface area contributed by atoms with Gasteiger partial charge in [0, 0.05) is 11.4 Å². The average Bonchev–Trinajstić information content (AvgIpc) is 2.48. The van der Waals surface area contributed by atoms with E-state index in [1.807, 2.05) is 25.1 Å². The van der Waals surface area contributed by atoms with Crippen molar-refractivity contribution in [1.29, 1.82) is 5.26 Å². The van der Waals surface area contributed by atoms with E-state index in [4.69, 9.17) is 5.26 Å². The molecule has 0 heterocycles. The van der Waals surface area contributed by atoms with Gasteiger partial charge in [0.25, 0.3) is 0 Å². The van der Waals surface area contributed by atoms with Crippen LogP contribution in [0.25, 0.3) is 0 Å². The molecule has 0 saturated carbocycles. The fourth-order valence-electron chi connectivity index (χ4n) is 2.92. The average molecular weight is 262 g/mol. The van der Waals surface area contributed by atoms with Crippen LogP contribution in [0.5, 0.6) is 0 Å². The van der Waals surface area contributed by atoms with Gasteiger partial charge in [0.2, 0.25) is 0 Å². The Kier molecular flexibility index (Phi) is 3.43. The summed E-state index contributed by atoms with van der Waals surface area (Å²) in [5.74, 6) is 0. The van der Waals surface area contributed by atoms with Gasteiger partial charge < -0.3 is 5.32 Å². The highest BCUT2D eigenvalue weighted by molar-refractivity contribution is 5.66. The van der Waals surface area contributed by atoms with E-state index in [9.17, 15) is 0 Å². The molecule has 0 aliphatic heterocycles. The second-order valence-corrected chi connectivity index (χ2v) is 5.42. The van der Waals surface area contributed by atoms with Crippen molar-refractivity contribution in [2.24, 2.45) is 0 Å². The Morgan fingerprint density at radius 3 is 2.75 bits per heavy atom. The molecule has 0 aromatic heterocycles. The van der Waals surface area contributed by atoms with Gasteiger partial charge in [-0.1, -0.05) is 12.1 Å². The number of anilines is 2. The van der Waals surface area contributed by atoms with Gasteiger partial charge in [0.1, 0.15) is 0 Å². The molecule has 100 valence electrons. The zero-order valence-corrected chi connectivity index (χ0v) is 11.7. The summed E-state index contributed by atoms with van der Waals surface area (Å²) in [5.41, 5.74) is 6.96. The van der Waals surface area contributed by atoms with Crippen LogP contribution in [-0.2, 0) is 12.8 Å². The predicted octanol–water partition coefficient (Wildman–Crippen LogP) is 4.49. The van der Waals surface area contributed by atoms with Crippen LogP contribution in [0.15, 0.2) is 36.4 Å². The van der Waals surface area contributed by atoms with Crippen molar-refractivity contribution in [2.45, 2.75) is 32.6 Å². The van der Waals surface area contributed by atoms with E-state index < -0.39 is 0 Å². The van der Waals surface area contributed by atoms with E-state index in [2.05, 4.69) is 29.6 Å². The first kappa shape index (κ1) is 12.7. The summed E-state index contributed by atoms with van der Waals surface area (Å²) in [5, 5.41) is 12.5. The molecular weight excluding hydrogens is 244 g/mol. The summed E-state index contributed by atoms with van der Waals surface area (Å²) >= 11 is 0. The van der Waals surface area contributed by atoms with Crippen LogP contribution in [0.1, 0.15) is 35.1 Å². The minimum absolute atomic E-state index is 0.741. The van der Waals surface area contributed by atoms with Crippen LogP contribution < -0.4 is 5.32 Å². The van der Waals surface area contributed by atoms with Gasteiger partial charge in [0.05, 0.1) is 11.6 Å². The zero-order chi connectivity index (χ0) is 13.9. The van der Waals surface area contributed by atoms with Crippen LogP contribution >= 0.6 is 0 Å². The molecule has 2 aromatic rings. The maximum Gasteiger partial charge on any atom is 0.0994 e. The molecule has 1 aliphatic carbocycles. The van der Waals surface area contributed by atoms with Crippen molar-refractivity contribution in [3.63, 3.8) is 0 Å². The van der Waals surface area contributed by atoms with Crippen molar-refractivity contribution < 1.29 is 0 Å². The molecule has 0 atom stereocenters. The second-order valence-electron chi connectivity index (χ2n) is 5.42. The molecule has 0 spiro atoms. The lowest BCUT2D eigenvalue weighted by atomic mass is 9.90. The van der Waals surface area contributed by atoms with Gasteiger partial charge in [-0.05, 0) is 73.6 Å². The van der Waals surface area contributed by atoms with E-state index in [1.54, 1.807) is 0 Å². The molecule has 0 unspecified atom stereocenters. The predicted molar refractivity (Wildman–Crippen MR) is 82.3 cm³/mol. The summed E-state index contributed by atoms with van der Waals surface area (Å²) in [7, 11) is 0. The molecule has 0 bridgehead atoms. The highest BCUT2D eigenvalue weighted by Gasteiger charge is 2.12. The molecule has 0 amide bonds. The minimum Gasteiger partial charge on any atom is -0.355 e. The number of hydrogen-bond acceptors (Lipinski definition) is 2. The fraction of sp³-hybridized carbons (Fsp3) is 0.278. The molecule has 0 saturated heterocycles. The van der Waals surface area contributed by atoms with Gasteiger partial charge in [-0.25, -0.2) is 0 Å². The quantitative estimate of drug-likeness (QED) is 0.865. The highest BCUT2D eigenvalue weighted by atomic mass is 14.9. The monoisotopic (exact) mass is 262 g/mol. The van der Waals surface area contributed by atoms with Crippen LogP contribution in [0.3, 0.4) is 0 Å². The normalized spacial score (nSPS) is 13.4. The van der Waals surface area contributed by atoms with Crippen LogP contribution in [-0.4, -0.2) is 0 Å². The third-order valence-corrected chi connectivity index (χ3v) is 4.02. The van der Waals surface area contributed by atoms with E-state index in [1.165, 1.54) is 36.1 Å². The van der Waals surface area contributed by atoms with Crippen LogP contribution in [0.2, 0.25) is 0 Å². The molecule has 20 heavy (non-hydrogen) atoms. The number of fused-ring (bicyclic) bond motifs is 1. The van der Waals surface area contributed by atoms with Gasteiger partial charge in [0.15, 0.2) is 0 Å². The van der Waals surface area contributed by atoms with Crippen molar-refractivity contribution in [2.75, 3.05) is 5.32 Å². The number of nitriles is 1. The Hall–Kier alpha value is -2.27. The first-order chi connectivity index (χ1) is 9.78. The molecule has 0 radical (unpaired) electrons. The van der Waals surface area contributed by atoms with E-state index in [0.717, 1.165) is 23.2 Å². The highest BCUT2D eigenvalue weighted by Crippen LogP contribution is 2.30. The number of hydrogen-bond donors (Lipinski definition) is 1. The van der Waals surface area contributed by atoms with E-state index >= 15 is 0 Å². The first-order valence-corrected chi connectivity index (χ1v) is 7.16. The lowest BCUT2D eigenvalue weighted by molar-refractivity contribution is 0.687. The van der Waals surface area contributed by atoms with Crippen LogP contribution in [0, 0.1) is 18.3 Å². The maximum absolute atomic E-state index is 8.99. The summed E-state index contributed by atoms with van der Waals surface area (Å²) in [6.45, 7) is 1.98. The first-order valence-electron chi connectivity index (χ1n) is 7.16. The second kappa shape index (κ2) is 5.38. The van der Waals surface area contributed by atoms with E-state index in [-0.39, 0.29) is 0 Å². The van der Waals surface area contributed by atoms with Crippen molar-refractivity contribution >= 4 is 11.4 Å². The standard InChI is InChI=1S/C18H18N2/c1-13-11-16(10-9-15(13)12-19)20-18-8-4-6-14-5-2-3-7-17(14)18/h4,6,8-11,20H,2-3,5,7H2,1H3. The van der Waals surface area contributed by atoms with Gasteiger partial charge in [-0.3, -0.25) is 0 Å². The molecule has 3 rings (SSSR count). The van der Waals surface area contributed by atoms with Gasteiger partial charge >= 0.3 is 0 Å². The molecule has 2 aromatic carbocycles. The molecule has 1 N–H and O–H groups in total. The summed E-state index contributed by atoms with van der Waals surface area (Å²) in [6.07, 6.45) is 4.93. The maximum atomic E-state index is 8.99. The fourth-order valence-corrected chi connectivity index (χ4v) is 2.92. The SMILES string of the molecule is Cc1cc(Nc2cccc3c2CCCC3)ccc1C#N. The molecule has 2 nitrogen and oxygen atoms in total. The number of benzene rings is 2.